The van der Waals surface area contributed by atoms with E-state index in [1.54, 1.807) is 17.8 Å². The van der Waals surface area contributed by atoms with Crippen molar-refractivity contribution in [3.05, 3.63) is 62.6 Å². The predicted molar refractivity (Wildman–Crippen MR) is 86.3 cm³/mol. The zero-order chi connectivity index (χ0) is 14.5. The van der Waals surface area contributed by atoms with Crippen molar-refractivity contribution in [2.45, 2.75) is 11.4 Å². The van der Waals surface area contributed by atoms with E-state index in [0.29, 0.717) is 11.0 Å². The van der Waals surface area contributed by atoms with E-state index in [4.69, 9.17) is 0 Å². The molecule has 2 aromatic carbocycles. The van der Waals surface area contributed by atoms with Crippen molar-refractivity contribution in [1.29, 1.82) is 0 Å². The maximum atomic E-state index is 10.8. The van der Waals surface area contributed by atoms with Crippen LogP contribution in [0.4, 0.5) is 11.4 Å². The van der Waals surface area contributed by atoms with Crippen LogP contribution in [0.25, 0.3) is 0 Å². The number of thioether (sulfide) groups is 1. The first-order chi connectivity index (χ1) is 9.58. The van der Waals surface area contributed by atoms with Crippen LogP contribution < -0.4 is 5.32 Å². The van der Waals surface area contributed by atoms with Gasteiger partial charge in [-0.25, -0.2) is 0 Å². The highest BCUT2D eigenvalue weighted by Crippen LogP contribution is 2.23. The van der Waals surface area contributed by atoms with Gasteiger partial charge in [0, 0.05) is 33.7 Å². The summed E-state index contributed by atoms with van der Waals surface area (Å²) >= 11 is 4.98. The Labute approximate surface area is 129 Å². The Morgan fingerprint density at radius 2 is 1.95 bits per heavy atom. The Morgan fingerprint density at radius 1 is 1.25 bits per heavy atom. The second-order valence-electron chi connectivity index (χ2n) is 4.16. The van der Waals surface area contributed by atoms with Crippen LogP contribution in [0.3, 0.4) is 0 Å². The van der Waals surface area contributed by atoms with Gasteiger partial charge in [0.15, 0.2) is 0 Å². The summed E-state index contributed by atoms with van der Waals surface area (Å²) in [5.74, 6) is 0. The molecule has 0 bridgehead atoms. The number of hydrogen-bond acceptors (Lipinski definition) is 4. The monoisotopic (exact) mass is 352 g/mol. The Balaban J connectivity index is 2.08. The van der Waals surface area contributed by atoms with Crippen molar-refractivity contribution in [2.24, 2.45) is 0 Å². The lowest BCUT2D eigenvalue weighted by molar-refractivity contribution is -0.385. The summed E-state index contributed by atoms with van der Waals surface area (Å²) in [6.07, 6.45) is 2.03. The fourth-order valence-electron chi connectivity index (χ4n) is 1.75. The lowest BCUT2D eigenvalue weighted by Crippen LogP contribution is -2.00. The number of non-ortho nitro benzene ring substituents is 1. The minimum atomic E-state index is -0.387. The van der Waals surface area contributed by atoms with Crippen LogP contribution >= 0.6 is 27.7 Å². The molecular weight excluding hydrogens is 340 g/mol. The third kappa shape index (κ3) is 3.98. The van der Waals surface area contributed by atoms with Crippen LogP contribution in [0.1, 0.15) is 5.56 Å². The van der Waals surface area contributed by atoms with Crippen LogP contribution in [0.5, 0.6) is 0 Å². The first-order valence-electron chi connectivity index (χ1n) is 5.90. The molecule has 0 amide bonds. The minimum Gasteiger partial charge on any atom is -0.381 e. The molecule has 0 heterocycles. The number of nitro groups is 1. The molecule has 0 aliphatic carbocycles. The van der Waals surface area contributed by atoms with Gasteiger partial charge in [-0.15, -0.1) is 11.8 Å². The molecule has 0 aliphatic heterocycles. The highest BCUT2D eigenvalue weighted by molar-refractivity contribution is 9.10. The van der Waals surface area contributed by atoms with Crippen LogP contribution in [0.2, 0.25) is 0 Å². The fraction of sp³-hybridized carbons (Fsp3) is 0.143. The molecule has 4 nitrogen and oxygen atoms in total. The number of nitrogens with one attached hydrogen (secondary N) is 1. The second-order valence-corrected chi connectivity index (χ2v) is 5.95. The molecule has 6 heteroatoms. The van der Waals surface area contributed by atoms with Crippen LogP contribution in [0, 0.1) is 10.1 Å². The van der Waals surface area contributed by atoms with Crippen molar-refractivity contribution >= 4 is 39.1 Å². The maximum absolute atomic E-state index is 10.8. The molecule has 0 aliphatic rings. The Hall–Kier alpha value is -1.53. The van der Waals surface area contributed by atoms with Gasteiger partial charge in [0.2, 0.25) is 0 Å². The van der Waals surface area contributed by atoms with Gasteiger partial charge in [0.05, 0.1) is 4.92 Å². The molecule has 1 N–H and O–H groups in total. The zero-order valence-corrected chi connectivity index (χ0v) is 13.2. The summed E-state index contributed by atoms with van der Waals surface area (Å²) in [6, 6.07) is 13.0. The first-order valence-corrected chi connectivity index (χ1v) is 7.92. The average Bonchev–Trinajstić information content (AvgIpc) is 2.45. The first kappa shape index (κ1) is 14.9. The zero-order valence-electron chi connectivity index (χ0n) is 10.8. The quantitative estimate of drug-likeness (QED) is 0.481. The third-order valence-corrected chi connectivity index (χ3v) is 3.94. The lowest BCUT2D eigenvalue weighted by Gasteiger charge is -2.07. The Morgan fingerprint density at radius 3 is 2.55 bits per heavy atom. The van der Waals surface area contributed by atoms with E-state index in [1.807, 2.05) is 36.6 Å². The fourth-order valence-corrected chi connectivity index (χ4v) is 2.69. The number of halogens is 1. The van der Waals surface area contributed by atoms with Gasteiger partial charge in [0.25, 0.3) is 5.69 Å². The summed E-state index contributed by atoms with van der Waals surface area (Å²) in [6.45, 7) is 0.541. The standard InChI is InChI=1S/C14H13BrN2O2S/c1-20-14-4-2-12(3-5-14)16-9-10-6-11(15)8-13(7-10)17(18)19/h2-8,16H,9H2,1H3. The van der Waals surface area contributed by atoms with Crippen LogP contribution in [0.15, 0.2) is 51.8 Å². The molecule has 0 radical (unpaired) electrons. The molecule has 0 spiro atoms. The van der Waals surface area contributed by atoms with E-state index in [0.717, 1.165) is 11.3 Å². The van der Waals surface area contributed by atoms with Gasteiger partial charge in [-0.2, -0.15) is 0 Å². The summed E-state index contributed by atoms with van der Waals surface area (Å²) in [5.41, 5.74) is 1.94. The number of hydrogen-bond donors (Lipinski definition) is 1. The van der Waals surface area contributed by atoms with E-state index in [9.17, 15) is 10.1 Å². The molecular formula is C14H13BrN2O2S. The highest BCUT2D eigenvalue weighted by atomic mass is 79.9. The van der Waals surface area contributed by atoms with E-state index in [1.165, 1.54) is 11.0 Å². The van der Waals surface area contributed by atoms with Crippen molar-refractivity contribution < 1.29 is 4.92 Å². The smallest absolute Gasteiger partial charge is 0.270 e. The van der Waals surface area contributed by atoms with E-state index in [-0.39, 0.29) is 10.6 Å². The molecule has 104 valence electrons. The van der Waals surface area contributed by atoms with Crippen LogP contribution in [-0.4, -0.2) is 11.2 Å². The number of nitrogens with zero attached hydrogens (tertiary/aromatic N) is 1. The number of nitro benzene ring substituents is 1. The molecule has 0 fully saturated rings. The van der Waals surface area contributed by atoms with Gasteiger partial charge < -0.3 is 5.32 Å². The Kier molecular flexibility index (Phi) is 5.03. The highest BCUT2D eigenvalue weighted by Gasteiger charge is 2.08. The second kappa shape index (κ2) is 6.76. The maximum Gasteiger partial charge on any atom is 0.270 e. The molecule has 0 saturated heterocycles. The van der Waals surface area contributed by atoms with Crippen molar-refractivity contribution in [2.75, 3.05) is 11.6 Å². The number of rotatable bonds is 5. The van der Waals surface area contributed by atoms with Crippen molar-refractivity contribution in [1.82, 2.24) is 0 Å². The van der Waals surface area contributed by atoms with Crippen molar-refractivity contribution in [3.8, 4) is 0 Å². The van der Waals surface area contributed by atoms with Crippen LogP contribution in [-0.2, 0) is 6.54 Å². The molecule has 20 heavy (non-hydrogen) atoms. The van der Waals surface area contributed by atoms with Gasteiger partial charge in [-0.05, 0) is 42.2 Å². The van der Waals surface area contributed by atoms with Gasteiger partial charge >= 0.3 is 0 Å². The number of anilines is 1. The van der Waals surface area contributed by atoms with E-state index >= 15 is 0 Å². The summed E-state index contributed by atoms with van der Waals surface area (Å²) in [5, 5.41) is 14.1. The third-order valence-electron chi connectivity index (χ3n) is 2.74. The predicted octanol–water partition coefficient (Wildman–Crippen LogP) is 4.69. The molecule has 0 saturated carbocycles. The lowest BCUT2D eigenvalue weighted by atomic mass is 10.2. The topological polar surface area (TPSA) is 55.2 Å². The van der Waals surface area contributed by atoms with Gasteiger partial charge in [-0.3, -0.25) is 10.1 Å². The molecule has 0 aromatic heterocycles. The van der Waals surface area contributed by atoms with Gasteiger partial charge in [-0.1, -0.05) is 15.9 Å². The van der Waals surface area contributed by atoms with Gasteiger partial charge in [0.1, 0.15) is 0 Å². The Bertz CT molecular complexity index is 617. The summed E-state index contributed by atoms with van der Waals surface area (Å²) < 4.78 is 0.709. The summed E-state index contributed by atoms with van der Waals surface area (Å²) in [7, 11) is 0. The molecule has 2 aromatic rings. The average molecular weight is 353 g/mol. The molecule has 0 unspecified atom stereocenters. The SMILES string of the molecule is CSc1ccc(NCc2cc(Br)cc([N+](=O)[O-])c2)cc1. The van der Waals surface area contributed by atoms with E-state index in [2.05, 4.69) is 21.2 Å². The largest absolute Gasteiger partial charge is 0.381 e. The number of benzene rings is 2. The summed E-state index contributed by atoms with van der Waals surface area (Å²) in [4.78, 5) is 11.6. The van der Waals surface area contributed by atoms with E-state index < -0.39 is 0 Å². The minimum absolute atomic E-state index is 0.0916. The molecule has 2 rings (SSSR count). The molecule has 0 atom stereocenters. The normalized spacial score (nSPS) is 10.3. The van der Waals surface area contributed by atoms with Crippen molar-refractivity contribution in [3.63, 3.8) is 0 Å².